The van der Waals surface area contributed by atoms with Gasteiger partial charge in [0.1, 0.15) is 0 Å². The molecule has 0 spiro atoms. The average molecular weight is 401 g/mol. The lowest BCUT2D eigenvalue weighted by atomic mass is 9.92. The van der Waals surface area contributed by atoms with Crippen LogP contribution >= 0.6 is 0 Å². The second-order valence-corrected chi connectivity index (χ2v) is 9.36. The highest BCUT2D eigenvalue weighted by Gasteiger charge is 2.34. The number of aromatic nitrogens is 1. The van der Waals surface area contributed by atoms with Gasteiger partial charge in [0, 0.05) is 51.0 Å². The summed E-state index contributed by atoms with van der Waals surface area (Å²) in [4.78, 5) is 32.2. The van der Waals surface area contributed by atoms with E-state index in [1.807, 2.05) is 4.90 Å². The lowest BCUT2D eigenvalue weighted by Gasteiger charge is -2.37. The molecule has 3 aliphatic rings. The van der Waals surface area contributed by atoms with Crippen molar-refractivity contribution < 1.29 is 9.59 Å². The molecule has 1 aromatic heterocycles. The van der Waals surface area contributed by atoms with Crippen LogP contribution in [0.5, 0.6) is 0 Å². The third-order valence-corrected chi connectivity index (χ3v) is 7.19. The van der Waals surface area contributed by atoms with Crippen molar-refractivity contribution in [2.24, 2.45) is 18.9 Å². The molecule has 4 rings (SSSR count). The van der Waals surface area contributed by atoms with E-state index in [0.717, 1.165) is 64.8 Å². The number of aryl methyl sites for hydroxylation is 1. The second-order valence-electron chi connectivity index (χ2n) is 9.36. The fraction of sp³-hybridized carbons (Fsp3) is 0.739. The number of carbonyl (C=O) groups is 2. The van der Waals surface area contributed by atoms with Crippen LogP contribution in [-0.2, 0) is 16.6 Å². The molecule has 0 radical (unpaired) electrons. The fourth-order valence-electron chi connectivity index (χ4n) is 5.47. The van der Waals surface area contributed by atoms with Gasteiger partial charge in [-0.3, -0.25) is 14.5 Å². The van der Waals surface area contributed by atoms with Crippen molar-refractivity contribution in [3.8, 4) is 0 Å². The van der Waals surface area contributed by atoms with Crippen LogP contribution in [0.3, 0.4) is 0 Å². The number of carbonyl (C=O) groups excluding carboxylic acids is 2. The maximum absolute atomic E-state index is 13.0. The van der Waals surface area contributed by atoms with Gasteiger partial charge in [-0.05, 0) is 63.1 Å². The third-order valence-electron chi connectivity index (χ3n) is 7.19. The lowest BCUT2D eigenvalue weighted by molar-refractivity contribution is -0.142. The normalized spacial score (nSPS) is 26.8. The van der Waals surface area contributed by atoms with Crippen LogP contribution in [0.15, 0.2) is 18.3 Å². The van der Waals surface area contributed by atoms with Crippen molar-refractivity contribution in [2.75, 3.05) is 39.3 Å². The van der Waals surface area contributed by atoms with Crippen molar-refractivity contribution in [1.82, 2.24) is 19.3 Å². The summed E-state index contributed by atoms with van der Waals surface area (Å²) in [5.74, 6) is 1.27. The summed E-state index contributed by atoms with van der Waals surface area (Å²) in [6.45, 7) is 7.00. The Balaban J connectivity index is 1.28. The summed E-state index contributed by atoms with van der Waals surface area (Å²) < 4.78 is 2.17. The van der Waals surface area contributed by atoms with Crippen molar-refractivity contribution in [2.45, 2.75) is 51.5 Å². The molecule has 3 saturated heterocycles. The molecule has 1 aromatic rings. The van der Waals surface area contributed by atoms with Gasteiger partial charge in [0.05, 0.1) is 12.6 Å². The number of rotatable bonds is 4. The van der Waals surface area contributed by atoms with Gasteiger partial charge in [-0.15, -0.1) is 0 Å². The van der Waals surface area contributed by atoms with E-state index in [2.05, 4.69) is 46.7 Å². The van der Waals surface area contributed by atoms with Gasteiger partial charge in [0.15, 0.2) is 0 Å². The number of hydrogen-bond acceptors (Lipinski definition) is 3. The molecule has 2 amide bonds. The number of piperidine rings is 2. The van der Waals surface area contributed by atoms with Crippen LogP contribution in [0.1, 0.15) is 57.2 Å². The van der Waals surface area contributed by atoms with Crippen LogP contribution < -0.4 is 0 Å². The van der Waals surface area contributed by atoms with Gasteiger partial charge in [-0.1, -0.05) is 6.92 Å². The van der Waals surface area contributed by atoms with Gasteiger partial charge in [-0.25, -0.2) is 0 Å². The molecule has 3 fully saturated rings. The minimum Gasteiger partial charge on any atom is -0.353 e. The van der Waals surface area contributed by atoms with Crippen LogP contribution in [0.4, 0.5) is 0 Å². The molecule has 6 nitrogen and oxygen atoms in total. The Bertz CT molecular complexity index is 722. The SMILES string of the molecule is CC1CCCN(C(=O)C2CCN(C(=O)CN3CCCC3c3cccn3C)CC2)C1. The third kappa shape index (κ3) is 4.52. The second kappa shape index (κ2) is 8.90. The summed E-state index contributed by atoms with van der Waals surface area (Å²) in [6.07, 6.45) is 8.34. The zero-order chi connectivity index (χ0) is 20.4. The molecule has 0 N–H and O–H groups in total. The monoisotopic (exact) mass is 400 g/mol. The van der Waals surface area contributed by atoms with Crippen molar-refractivity contribution in [1.29, 1.82) is 0 Å². The number of hydrogen-bond donors (Lipinski definition) is 0. The quantitative estimate of drug-likeness (QED) is 0.781. The summed E-state index contributed by atoms with van der Waals surface area (Å²) in [5.41, 5.74) is 1.30. The molecule has 2 atom stereocenters. The Hall–Kier alpha value is -1.82. The first kappa shape index (κ1) is 20.5. The molecular weight excluding hydrogens is 364 g/mol. The predicted octanol–water partition coefficient (Wildman–Crippen LogP) is 2.66. The van der Waals surface area contributed by atoms with E-state index >= 15 is 0 Å². The number of amides is 2. The Morgan fingerprint density at radius 2 is 1.76 bits per heavy atom. The molecular formula is C23H36N4O2. The van der Waals surface area contributed by atoms with Crippen LogP contribution in [-0.4, -0.2) is 70.3 Å². The van der Waals surface area contributed by atoms with Crippen LogP contribution in [0.25, 0.3) is 0 Å². The fourth-order valence-corrected chi connectivity index (χ4v) is 5.47. The molecule has 0 aromatic carbocycles. The van der Waals surface area contributed by atoms with Crippen molar-refractivity contribution >= 4 is 11.8 Å². The van der Waals surface area contributed by atoms with E-state index in [9.17, 15) is 9.59 Å². The van der Waals surface area contributed by atoms with E-state index in [0.29, 0.717) is 24.4 Å². The van der Waals surface area contributed by atoms with Crippen molar-refractivity contribution in [3.63, 3.8) is 0 Å². The van der Waals surface area contributed by atoms with Gasteiger partial charge < -0.3 is 14.4 Å². The highest BCUT2D eigenvalue weighted by molar-refractivity contribution is 5.81. The molecule has 160 valence electrons. The topological polar surface area (TPSA) is 48.8 Å². The van der Waals surface area contributed by atoms with E-state index < -0.39 is 0 Å². The van der Waals surface area contributed by atoms with Gasteiger partial charge in [-0.2, -0.15) is 0 Å². The largest absolute Gasteiger partial charge is 0.353 e. The molecule has 4 heterocycles. The molecule has 6 heteroatoms. The maximum atomic E-state index is 13.0. The standard InChI is InChI=1S/C23H36N4O2/c1-18-6-3-13-27(16-18)23(29)19-9-14-25(15-10-19)22(28)17-26-12-5-8-21(26)20-7-4-11-24(20)2/h4,7,11,18-19,21H,3,5-6,8-10,12-17H2,1-2H3. The first-order valence-corrected chi connectivity index (χ1v) is 11.4. The Kier molecular flexibility index (Phi) is 6.28. The number of likely N-dealkylation sites (tertiary alicyclic amines) is 3. The zero-order valence-corrected chi connectivity index (χ0v) is 18.1. The Morgan fingerprint density at radius 1 is 1.00 bits per heavy atom. The summed E-state index contributed by atoms with van der Waals surface area (Å²) in [7, 11) is 2.08. The number of nitrogens with zero attached hydrogens (tertiary/aromatic N) is 4. The minimum atomic E-state index is 0.104. The van der Waals surface area contributed by atoms with Crippen LogP contribution in [0.2, 0.25) is 0 Å². The van der Waals surface area contributed by atoms with E-state index in [4.69, 9.17) is 0 Å². The highest BCUT2D eigenvalue weighted by atomic mass is 16.2. The summed E-state index contributed by atoms with van der Waals surface area (Å²) in [5, 5.41) is 0. The first-order chi connectivity index (χ1) is 14.0. The molecule has 0 bridgehead atoms. The minimum absolute atomic E-state index is 0.104. The van der Waals surface area contributed by atoms with E-state index in [-0.39, 0.29) is 11.8 Å². The van der Waals surface area contributed by atoms with Crippen LogP contribution in [0, 0.1) is 11.8 Å². The molecule has 0 saturated carbocycles. The van der Waals surface area contributed by atoms with Gasteiger partial charge in [0.2, 0.25) is 11.8 Å². The molecule has 2 unspecified atom stereocenters. The Labute approximate surface area is 174 Å². The maximum Gasteiger partial charge on any atom is 0.236 e. The summed E-state index contributed by atoms with van der Waals surface area (Å²) in [6, 6.07) is 4.60. The first-order valence-electron chi connectivity index (χ1n) is 11.4. The smallest absolute Gasteiger partial charge is 0.236 e. The summed E-state index contributed by atoms with van der Waals surface area (Å²) >= 11 is 0. The highest BCUT2D eigenvalue weighted by Crippen LogP contribution is 2.32. The molecule has 29 heavy (non-hydrogen) atoms. The molecule has 0 aliphatic carbocycles. The zero-order valence-electron chi connectivity index (χ0n) is 18.1. The molecule has 3 aliphatic heterocycles. The lowest BCUT2D eigenvalue weighted by Crippen LogP contribution is -2.48. The Morgan fingerprint density at radius 3 is 2.45 bits per heavy atom. The van der Waals surface area contributed by atoms with Crippen molar-refractivity contribution in [3.05, 3.63) is 24.0 Å². The van der Waals surface area contributed by atoms with E-state index in [1.54, 1.807) is 0 Å². The van der Waals surface area contributed by atoms with Gasteiger partial charge in [0.25, 0.3) is 0 Å². The van der Waals surface area contributed by atoms with E-state index in [1.165, 1.54) is 12.1 Å². The predicted molar refractivity (Wildman–Crippen MR) is 113 cm³/mol. The average Bonchev–Trinajstić information content (AvgIpc) is 3.35. The van der Waals surface area contributed by atoms with Gasteiger partial charge >= 0.3 is 0 Å².